The largest absolute Gasteiger partial charge is 0.471 e. The van der Waals surface area contributed by atoms with Gasteiger partial charge in [0.2, 0.25) is 5.88 Å². The highest BCUT2D eigenvalue weighted by molar-refractivity contribution is 9.10. The molecule has 0 amide bonds. The molecule has 2 heterocycles. The molecular formula is C15H15BrN4O3S. The van der Waals surface area contributed by atoms with Crippen LogP contribution in [-0.2, 0) is 16.8 Å². The molecule has 3 aromatic rings. The standard InChI is InChI=1S/C15H15BrN4O3S/c1-19(2)24(21,22)20-8-12(16)13-14(20)15(18-10-17-13)23-9-11-6-4-3-5-7-11/h3-8,10H,9H2,1-2H3. The molecule has 0 unspecified atom stereocenters. The number of hydrogen-bond acceptors (Lipinski definition) is 5. The Kier molecular flexibility index (Phi) is 4.57. The lowest BCUT2D eigenvalue weighted by molar-refractivity contribution is 0.296. The highest BCUT2D eigenvalue weighted by Gasteiger charge is 2.24. The quantitative estimate of drug-likeness (QED) is 0.645. The van der Waals surface area contributed by atoms with Gasteiger partial charge in [0.25, 0.3) is 0 Å². The first-order valence-corrected chi connectivity index (χ1v) is 9.21. The summed E-state index contributed by atoms with van der Waals surface area (Å²) in [7, 11) is -0.805. The molecule has 3 rings (SSSR count). The molecule has 9 heteroatoms. The molecule has 0 N–H and O–H groups in total. The van der Waals surface area contributed by atoms with Crippen LogP contribution in [-0.4, -0.2) is 40.8 Å². The van der Waals surface area contributed by atoms with Gasteiger partial charge in [0, 0.05) is 20.3 Å². The van der Waals surface area contributed by atoms with Crippen LogP contribution in [0.4, 0.5) is 0 Å². The fraction of sp³-hybridized carbons (Fsp3) is 0.200. The summed E-state index contributed by atoms with van der Waals surface area (Å²) in [5.41, 5.74) is 1.73. The minimum atomic E-state index is -3.73. The average molecular weight is 411 g/mol. The van der Waals surface area contributed by atoms with Crippen molar-refractivity contribution in [2.75, 3.05) is 14.1 Å². The first-order valence-electron chi connectivity index (χ1n) is 7.02. The van der Waals surface area contributed by atoms with Gasteiger partial charge < -0.3 is 4.74 Å². The molecule has 0 saturated heterocycles. The third-order valence-corrected chi connectivity index (χ3v) is 5.68. The Hall–Kier alpha value is -1.97. The molecule has 0 fully saturated rings. The summed E-state index contributed by atoms with van der Waals surface area (Å²) in [6, 6.07) is 9.57. The van der Waals surface area contributed by atoms with Gasteiger partial charge in [-0.05, 0) is 21.5 Å². The zero-order valence-electron chi connectivity index (χ0n) is 13.0. The molecule has 126 valence electrons. The lowest BCUT2D eigenvalue weighted by Crippen LogP contribution is -2.28. The third-order valence-electron chi connectivity index (χ3n) is 3.39. The van der Waals surface area contributed by atoms with Gasteiger partial charge in [0.1, 0.15) is 24.0 Å². The van der Waals surface area contributed by atoms with Crippen molar-refractivity contribution >= 4 is 37.2 Å². The van der Waals surface area contributed by atoms with Crippen molar-refractivity contribution in [1.82, 2.24) is 18.2 Å². The normalized spacial score (nSPS) is 12.0. The Morgan fingerprint density at radius 3 is 2.58 bits per heavy atom. The second-order valence-electron chi connectivity index (χ2n) is 5.21. The van der Waals surface area contributed by atoms with Crippen LogP contribution in [0.3, 0.4) is 0 Å². The van der Waals surface area contributed by atoms with E-state index in [0.29, 0.717) is 15.5 Å². The smallest absolute Gasteiger partial charge is 0.307 e. The summed E-state index contributed by atoms with van der Waals surface area (Å²) in [5, 5.41) is 0. The number of aromatic nitrogens is 3. The van der Waals surface area contributed by atoms with Crippen LogP contribution < -0.4 is 4.74 Å². The molecule has 0 saturated carbocycles. The first kappa shape index (κ1) is 16.9. The summed E-state index contributed by atoms with van der Waals surface area (Å²) in [4.78, 5) is 8.26. The van der Waals surface area contributed by atoms with Crippen LogP contribution in [0.25, 0.3) is 11.0 Å². The third kappa shape index (κ3) is 3.02. The molecule has 7 nitrogen and oxygen atoms in total. The van der Waals surface area contributed by atoms with Crippen LogP contribution >= 0.6 is 15.9 Å². The topological polar surface area (TPSA) is 77.3 Å². The SMILES string of the molecule is CN(C)S(=O)(=O)n1cc(Br)c2ncnc(OCc3ccccc3)c21. The molecule has 2 aromatic heterocycles. The van der Waals surface area contributed by atoms with Crippen LogP contribution in [0.5, 0.6) is 5.88 Å². The maximum atomic E-state index is 12.5. The van der Waals surface area contributed by atoms with E-state index in [2.05, 4.69) is 25.9 Å². The zero-order valence-corrected chi connectivity index (χ0v) is 15.5. The van der Waals surface area contributed by atoms with Crippen molar-refractivity contribution in [2.45, 2.75) is 6.61 Å². The van der Waals surface area contributed by atoms with Crippen molar-refractivity contribution in [2.24, 2.45) is 0 Å². The number of halogens is 1. The van der Waals surface area contributed by atoms with Crippen molar-refractivity contribution in [3.63, 3.8) is 0 Å². The van der Waals surface area contributed by atoms with Crippen LogP contribution in [0.15, 0.2) is 47.3 Å². The molecular weight excluding hydrogens is 396 g/mol. The summed E-state index contributed by atoms with van der Waals surface area (Å²) < 4.78 is 33.6. The lowest BCUT2D eigenvalue weighted by atomic mass is 10.2. The van der Waals surface area contributed by atoms with Gasteiger partial charge in [-0.1, -0.05) is 30.3 Å². The molecule has 0 aliphatic heterocycles. The molecule has 0 aliphatic carbocycles. The van der Waals surface area contributed by atoms with E-state index >= 15 is 0 Å². The van der Waals surface area contributed by atoms with E-state index in [1.54, 1.807) is 0 Å². The monoisotopic (exact) mass is 410 g/mol. The molecule has 0 aliphatic rings. The Balaban J connectivity index is 2.09. The number of ether oxygens (including phenoxy) is 1. The van der Waals surface area contributed by atoms with Gasteiger partial charge in [-0.2, -0.15) is 17.7 Å². The van der Waals surface area contributed by atoms with Crippen molar-refractivity contribution in [3.8, 4) is 5.88 Å². The molecule has 24 heavy (non-hydrogen) atoms. The number of hydrogen-bond donors (Lipinski definition) is 0. The molecule has 0 atom stereocenters. The molecule has 0 radical (unpaired) electrons. The van der Waals surface area contributed by atoms with Crippen molar-refractivity contribution < 1.29 is 13.2 Å². The average Bonchev–Trinajstić information content (AvgIpc) is 2.92. The maximum Gasteiger partial charge on any atom is 0.307 e. The Bertz CT molecular complexity index is 971. The predicted molar refractivity (Wildman–Crippen MR) is 94.0 cm³/mol. The van der Waals surface area contributed by atoms with Gasteiger partial charge in [-0.3, -0.25) is 0 Å². The Labute approximate surface area is 148 Å². The summed E-state index contributed by atoms with van der Waals surface area (Å²) in [6.45, 7) is 0.276. The molecule has 1 aromatic carbocycles. The van der Waals surface area contributed by atoms with Gasteiger partial charge in [0.05, 0.1) is 4.47 Å². The molecule has 0 bridgehead atoms. The van der Waals surface area contributed by atoms with E-state index in [9.17, 15) is 8.42 Å². The Morgan fingerprint density at radius 2 is 1.92 bits per heavy atom. The van der Waals surface area contributed by atoms with E-state index in [4.69, 9.17) is 4.74 Å². The highest BCUT2D eigenvalue weighted by Crippen LogP contribution is 2.31. The number of nitrogens with zero attached hydrogens (tertiary/aromatic N) is 4. The fourth-order valence-electron chi connectivity index (χ4n) is 2.15. The Morgan fingerprint density at radius 1 is 1.21 bits per heavy atom. The van der Waals surface area contributed by atoms with Gasteiger partial charge >= 0.3 is 10.2 Å². The highest BCUT2D eigenvalue weighted by atomic mass is 79.9. The number of rotatable bonds is 5. The van der Waals surface area contributed by atoms with E-state index in [1.165, 1.54) is 26.6 Å². The van der Waals surface area contributed by atoms with Crippen molar-refractivity contribution in [1.29, 1.82) is 0 Å². The summed E-state index contributed by atoms with van der Waals surface area (Å²) in [6.07, 6.45) is 2.80. The predicted octanol–water partition coefficient (Wildman–Crippen LogP) is 2.43. The van der Waals surface area contributed by atoms with Gasteiger partial charge in [0.15, 0.2) is 0 Å². The van der Waals surface area contributed by atoms with E-state index in [1.807, 2.05) is 30.3 Å². The fourth-order valence-corrected chi connectivity index (χ4v) is 3.77. The second kappa shape index (κ2) is 6.50. The van der Waals surface area contributed by atoms with E-state index < -0.39 is 10.2 Å². The van der Waals surface area contributed by atoms with Gasteiger partial charge in [-0.15, -0.1) is 0 Å². The van der Waals surface area contributed by atoms with E-state index in [0.717, 1.165) is 13.8 Å². The van der Waals surface area contributed by atoms with Crippen LogP contribution in [0, 0.1) is 0 Å². The second-order valence-corrected chi connectivity index (χ2v) is 8.09. The minimum Gasteiger partial charge on any atom is -0.471 e. The molecule has 0 spiro atoms. The van der Waals surface area contributed by atoms with E-state index in [-0.39, 0.29) is 12.5 Å². The zero-order chi connectivity index (χ0) is 17.3. The van der Waals surface area contributed by atoms with Crippen molar-refractivity contribution in [3.05, 3.63) is 52.9 Å². The van der Waals surface area contributed by atoms with Crippen LogP contribution in [0.2, 0.25) is 0 Å². The maximum absolute atomic E-state index is 12.5. The first-order chi connectivity index (χ1) is 11.4. The number of benzene rings is 1. The van der Waals surface area contributed by atoms with Crippen LogP contribution in [0.1, 0.15) is 5.56 Å². The minimum absolute atomic E-state index is 0.208. The summed E-state index contributed by atoms with van der Waals surface area (Å²) in [5.74, 6) is 0.208. The summed E-state index contributed by atoms with van der Waals surface area (Å²) >= 11 is 3.34. The van der Waals surface area contributed by atoms with Gasteiger partial charge in [-0.25, -0.2) is 8.96 Å². The number of fused-ring (bicyclic) bond motifs is 1. The lowest BCUT2D eigenvalue weighted by Gasteiger charge is -2.14.